The molecule has 0 spiro atoms. The van der Waals surface area contributed by atoms with E-state index in [0.717, 1.165) is 12.5 Å². The first kappa shape index (κ1) is 13.3. The SMILES string of the molecule is NCCC1CCN(CCCN2CCCC2)CC1. The zero-order valence-electron chi connectivity index (χ0n) is 11.2. The van der Waals surface area contributed by atoms with Crippen LogP contribution in [0.15, 0.2) is 0 Å². The first-order chi connectivity index (χ1) is 8.38. The second-order valence-corrected chi connectivity index (χ2v) is 5.76. The topological polar surface area (TPSA) is 32.5 Å². The van der Waals surface area contributed by atoms with Crippen molar-refractivity contribution in [2.24, 2.45) is 11.7 Å². The van der Waals surface area contributed by atoms with Gasteiger partial charge in [0, 0.05) is 0 Å². The molecule has 2 heterocycles. The van der Waals surface area contributed by atoms with E-state index in [4.69, 9.17) is 5.73 Å². The molecule has 0 atom stereocenters. The summed E-state index contributed by atoms with van der Waals surface area (Å²) in [6, 6.07) is 0. The van der Waals surface area contributed by atoms with Gasteiger partial charge in [-0.1, -0.05) is 0 Å². The van der Waals surface area contributed by atoms with E-state index < -0.39 is 0 Å². The van der Waals surface area contributed by atoms with Crippen LogP contribution in [-0.2, 0) is 0 Å². The van der Waals surface area contributed by atoms with Crippen LogP contribution >= 0.6 is 0 Å². The second-order valence-electron chi connectivity index (χ2n) is 5.76. The van der Waals surface area contributed by atoms with E-state index in [-0.39, 0.29) is 0 Å². The van der Waals surface area contributed by atoms with Crippen LogP contribution in [-0.4, -0.2) is 55.6 Å². The zero-order chi connectivity index (χ0) is 11.9. The maximum Gasteiger partial charge on any atom is -0.000654 e. The highest BCUT2D eigenvalue weighted by atomic mass is 15.2. The summed E-state index contributed by atoms with van der Waals surface area (Å²) in [5.74, 6) is 0.912. The Balaban J connectivity index is 1.52. The molecule has 2 fully saturated rings. The molecule has 0 unspecified atom stereocenters. The third kappa shape index (κ3) is 4.57. The molecule has 100 valence electrons. The maximum absolute atomic E-state index is 5.62. The Bertz CT molecular complexity index is 194. The summed E-state index contributed by atoms with van der Waals surface area (Å²) < 4.78 is 0. The Hall–Kier alpha value is -0.120. The third-order valence-corrected chi connectivity index (χ3v) is 4.43. The van der Waals surface area contributed by atoms with Crippen LogP contribution in [0.3, 0.4) is 0 Å². The predicted octanol–water partition coefficient (Wildman–Crippen LogP) is 1.53. The maximum atomic E-state index is 5.62. The van der Waals surface area contributed by atoms with Crippen LogP contribution in [0, 0.1) is 5.92 Å². The summed E-state index contributed by atoms with van der Waals surface area (Å²) in [4.78, 5) is 5.28. The van der Waals surface area contributed by atoms with Crippen molar-refractivity contribution in [1.82, 2.24) is 9.80 Å². The third-order valence-electron chi connectivity index (χ3n) is 4.43. The van der Waals surface area contributed by atoms with Gasteiger partial charge in [0.2, 0.25) is 0 Å². The van der Waals surface area contributed by atoms with Gasteiger partial charge in [-0.2, -0.15) is 0 Å². The number of hydrogen-bond donors (Lipinski definition) is 1. The highest BCUT2D eigenvalue weighted by Crippen LogP contribution is 2.19. The summed E-state index contributed by atoms with van der Waals surface area (Å²) in [6.45, 7) is 8.82. The minimum absolute atomic E-state index is 0.875. The van der Waals surface area contributed by atoms with Crippen LogP contribution in [0.4, 0.5) is 0 Å². The number of piperidine rings is 1. The molecule has 2 aliphatic rings. The minimum Gasteiger partial charge on any atom is -0.330 e. The monoisotopic (exact) mass is 239 g/mol. The first-order valence-electron chi connectivity index (χ1n) is 7.53. The molecule has 2 aliphatic heterocycles. The fourth-order valence-corrected chi connectivity index (χ4v) is 3.26. The van der Waals surface area contributed by atoms with E-state index in [1.54, 1.807) is 0 Å². The first-order valence-corrected chi connectivity index (χ1v) is 7.53. The van der Waals surface area contributed by atoms with Crippen molar-refractivity contribution in [2.45, 2.75) is 38.5 Å². The number of likely N-dealkylation sites (tertiary alicyclic amines) is 2. The zero-order valence-corrected chi connectivity index (χ0v) is 11.2. The molecule has 3 nitrogen and oxygen atoms in total. The Morgan fingerprint density at radius 2 is 1.47 bits per heavy atom. The molecular weight excluding hydrogens is 210 g/mol. The lowest BCUT2D eigenvalue weighted by Crippen LogP contribution is -2.36. The van der Waals surface area contributed by atoms with Gasteiger partial charge in [-0.3, -0.25) is 0 Å². The number of rotatable bonds is 6. The normalized spacial score (nSPS) is 24.5. The molecular formula is C14H29N3. The largest absolute Gasteiger partial charge is 0.330 e. The Morgan fingerprint density at radius 3 is 2.06 bits per heavy atom. The van der Waals surface area contributed by atoms with Crippen molar-refractivity contribution >= 4 is 0 Å². The van der Waals surface area contributed by atoms with E-state index in [1.165, 1.54) is 77.8 Å². The molecule has 0 aliphatic carbocycles. The molecule has 0 bridgehead atoms. The van der Waals surface area contributed by atoms with E-state index in [9.17, 15) is 0 Å². The summed E-state index contributed by atoms with van der Waals surface area (Å²) in [7, 11) is 0. The average molecular weight is 239 g/mol. The molecule has 0 aromatic rings. The molecule has 0 amide bonds. The Morgan fingerprint density at radius 1 is 0.882 bits per heavy atom. The molecule has 2 rings (SSSR count). The van der Waals surface area contributed by atoms with Crippen LogP contribution in [0.1, 0.15) is 38.5 Å². The van der Waals surface area contributed by atoms with E-state index in [2.05, 4.69) is 9.80 Å². The van der Waals surface area contributed by atoms with Gasteiger partial charge in [0.1, 0.15) is 0 Å². The van der Waals surface area contributed by atoms with Gasteiger partial charge >= 0.3 is 0 Å². The summed E-state index contributed by atoms with van der Waals surface area (Å²) in [5, 5.41) is 0. The fourth-order valence-electron chi connectivity index (χ4n) is 3.26. The van der Waals surface area contributed by atoms with Gasteiger partial charge in [-0.05, 0) is 90.3 Å². The minimum atomic E-state index is 0.875. The van der Waals surface area contributed by atoms with Crippen molar-refractivity contribution in [3.8, 4) is 0 Å². The molecule has 0 aromatic heterocycles. The molecule has 2 N–H and O–H groups in total. The van der Waals surface area contributed by atoms with Crippen molar-refractivity contribution in [1.29, 1.82) is 0 Å². The Labute approximate surface area is 106 Å². The van der Waals surface area contributed by atoms with Gasteiger partial charge in [0.05, 0.1) is 0 Å². The van der Waals surface area contributed by atoms with Crippen molar-refractivity contribution < 1.29 is 0 Å². The molecule has 0 aromatic carbocycles. The predicted molar refractivity (Wildman–Crippen MR) is 73.1 cm³/mol. The summed E-state index contributed by atoms with van der Waals surface area (Å²) >= 11 is 0. The quantitative estimate of drug-likeness (QED) is 0.763. The molecule has 3 heteroatoms. The Kier molecular flexibility index (Phi) is 5.75. The summed E-state index contributed by atoms with van der Waals surface area (Å²) in [5.41, 5.74) is 5.62. The lowest BCUT2D eigenvalue weighted by atomic mass is 9.93. The van der Waals surface area contributed by atoms with E-state index >= 15 is 0 Å². The van der Waals surface area contributed by atoms with Crippen LogP contribution in [0.2, 0.25) is 0 Å². The number of hydrogen-bond acceptors (Lipinski definition) is 3. The van der Waals surface area contributed by atoms with Crippen molar-refractivity contribution in [2.75, 3.05) is 45.8 Å². The van der Waals surface area contributed by atoms with E-state index in [1.807, 2.05) is 0 Å². The smallest absolute Gasteiger partial charge is 0.000654 e. The van der Waals surface area contributed by atoms with Crippen molar-refractivity contribution in [3.63, 3.8) is 0 Å². The average Bonchev–Trinajstić information content (AvgIpc) is 2.85. The summed E-state index contributed by atoms with van der Waals surface area (Å²) in [6.07, 6.45) is 8.19. The van der Waals surface area contributed by atoms with E-state index in [0.29, 0.717) is 0 Å². The van der Waals surface area contributed by atoms with Gasteiger partial charge in [0.15, 0.2) is 0 Å². The van der Waals surface area contributed by atoms with Crippen LogP contribution in [0.25, 0.3) is 0 Å². The van der Waals surface area contributed by atoms with Gasteiger partial charge in [0.25, 0.3) is 0 Å². The second kappa shape index (κ2) is 7.34. The molecule has 17 heavy (non-hydrogen) atoms. The van der Waals surface area contributed by atoms with Crippen LogP contribution in [0.5, 0.6) is 0 Å². The van der Waals surface area contributed by atoms with Crippen LogP contribution < -0.4 is 5.73 Å². The molecule has 2 saturated heterocycles. The standard InChI is InChI=1S/C14H29N3/c15-7-4-14-5-12-17(13-6-14)11-3-10-16-8-1-2-9-16/h14H,1-13,15H2. The highest BCUT2D eigenvalue weighted by molar-refractivity contribution is 4.73. The molecule has 0 saturated carbocycles. The van der Waals surface area contributed by atoms with Gasteiger partial charge in [-0.15, -0.1) is 0 Å². The van der Waals surface area contributed by atoms with Gasteiger partial charge < -0.3 is 15.5 Å². The van der Waals surface area contributed by atoms with Crippen molar-refractivity contribution in [3.05, 3.63) is 0 Å². The molecule has 0 radical (unpaired) electrons. The number of nitrogens with zero attached hydrogens (tertiary/aromatic N) is 2. The highest BCUT2D eigenvalue weighted by Gasteiger charge is 2.18. The number of nitrogens with two attached hydrogens (primary N) is 1. The fraction of sp³-hybridized carbons (Fsp3) is 1.00. The lowest BCUT2D eigenvalue weighted by molar-refractivity contribution is 0.171. The lowest BCUT2D eigenvalue weighted by Gasteiger charge is -2.32. The van der Waals surface area contributed by atoms with Gasteiger partial charge in [-0.25, -0.2) is 0 Å².